The molecule has 1 amide bonds. The maximum absolute atomic E-state index is 12.0. The molecule has 0 aliphatic carbocycles. The summed E-state index contributed by atoms with van der Waals surface area (Å²) in [6.45, 7) is 4.92. The van der Waals surface area contributed by atoms with E-state index >= 15 is 0 Å². The van der Waals surface area contributed by atoms with Crippen molar-refractivity contribution >= 4 is 28.9 Å². The summed E-state index contributed by atoms with van der Waals surface area (Å²) in [5.74, 6) is 0.719. The third-order valence-electron chi connectivity index (χ3n) is 3.62. The first-order chi connectivity index (χ1) is 11.6. The minimum atomic E-state index is -0.122. The van der Waals surface area contributed by atoms with Crippen LogP contribution in [0.2, 0.25) is 5.02 Å². The van der Waals surface area contributed by atoms with Crippen molar-refractivity contribution in [2.24, 2.45) is 0 Å². The summed E-state index contributed by atoms with van der Waals surface area (Å²) in [4.78, 5) is 12.0. The largest absolute Gasteiger partial charge is 0.494 e. The Kier molecular flexibility index (Phi) is 6.94. The van der Waals surface area contributed by atoms with Crippen molar-refractivity contribution in [2.45, 2.75) is 26.7 Å². The number of anilines is 2. The van der Waals surface area contributed by atoms with Crippen molar-refractivity contribution in [1.82, 2.24) is 0 Å². The van der Waals surface area contributed by atoms with Crippen LogP contribution in [-0.2, 0) is 4.79 Å². The van der Waals surface area contributed by atoms with Crippen LogP contribution < -0.4 is 15.4 Å². The highest BCUT2D eigenvalue weighted by Crippen LogP contribution is 2.23. The maximum Gasteiger partial charge on any atom is 0.243 e. The smallest absolute Gasteiger partial charge is 0.243 e. The maximum atomic E-state index is 12.0. The molecule has 24 heavy (non-hydrogen) atoms. The molecule has 0 saturated heterocycles. The first-order valence-corrected chi connectivity index (χ1v) is 8.49. The summed E-state index contributed by atoms with van der Waals surface area (Å²) >= 11 is 6.05. The lowest BCUT2D eigenvalue weighted by atomic mass is 10.2. The summed E-state index contributed by atoms with van der Waals surface area (Å²) in [7, 11) is 0. The molecule has 5 heteroatoms. The molecular formula is C19H23ClN2O2. The van der Waals surface area contributed by atoms with Gasteiger partial charge in [0.15, 0.2) is 0 Å². The summed E-state index contributed by atoms with van der Waals surface area (Å²) in [6, 6.07) is 13.1. The lowest BCUT2D eigenvalue weighted by Crippen LogP contribution is -2.22. The molecule has 0 aliphatic rings. The predicted molar refractivity (Wildman–Crippen MR) is 100 cm³/mol. The van der Waals surface area contributed by atoms with Crippen LogP contribution in [0.25, 0.3) is 0 Å². The molecule has 2 N–H and O–H groups in total. The number of hydrogen-bond donors (Lipinski definition) is 2. The molecule has 0 saturated carbocycles. The Bertz CT molecular complexity index is 672. The molecule has 0 unspecified atom stereocenters. The van der Waals surface area contributed by atoms with Gasteiger partial charge in [-0.1, -0.05) is 31.0 Å². The van der Waals surface area contributed by atoms with Crippen molar-refractivity contribution in [3.05, 3.63) is 53.1 Å². The van der Waals surface area contributed by atoms with E-state index in [1.165, 1.54) is 0 Å². The minimum Gasteiger partial charge on any atom is -0.494 e. The van der Waals surface area contributed by atoms with E-state index < -0.39 is 0 Å². The lowest BCUT2D eigenvalue weighted by Gasteiger charge is -2.11. The van der Waals surface area contributed by atoms with Gasteiger partial charge in [0.2, 0.25) is 5.91 Å². The van der Waals surface area contributed by atoms with Gasteiger partial charge in [0.25, 0.3) is 0 Å². The van der Waals surface area contributed by atoms with Crippen LogP contribution in [0.4, 0.5) is 11.4 Å². The monoisotopic (exact) mass is 346 g/mol. The van der Waals surface area contributed by atoms with Gasteiger partial charge in [0.05, 0.1) is 13.2 Å². The normalized spacial score (nSPS) is 10.3. The predicted octanol–water partition coefficient (Wildman–Crippen LogP) is 4.88. The molecule has 0 aromatic heterocycles. The number of carbonyl (C=O) groups is 1. The van der Waals surface area contributed by atoms with E-state index in [4.69, 9.17) is 16.3 Å². The average Bonchev–Trinajstić information content (AvgIpc) is 2.58. The van der Waals surface area contributed by atoms with Crippen molar-refractivity contribution in [3.63, 3.8) is 0 Å². The van der Waals surface area contributed by atoms with Crippen LogP contribution >= 0.6 is 11.6 Å². The summed E-state index contributed by atoms with van der Waals surface area (Å²) in [6.07, 6.45) is 2.16. The molecule has 0 bridgehead atoms. The quantitative estimate of drug-likeness (QED) is 0.670. The van der Waals surface area contributed by atoms with Gasteiger partial charge < -0.3 is 15.4 Å². The van der Waals surface area contributed by atoms with Gasteiger partial charge in [-0.3, -0.25) is 4.79 Å². The first-order valence-electron chi connectivity index (χ1n) is 8.12. The van der Waals surface area contributed by atoms with Gasteiger partial charge in [0.1, 0.15) is 5.75 Å². The van der Waals surface area contributed by atoms with E-state index in [-0.39, 0.29) is 12.5 Å². The molecular weight excluding hydrogens is 324 g/mol. The van der Waals surface area contributed by atoms with Crippen LogP contribution in [0.15, 0.2) is 42.5 Å². The Morgan fingerprint density at radius 3 is 2.62 bits per heavy atom. The molecule has 2 rings (SSSR count). The minimum absolute atomic E-state index is 0.122. The average molecular weight is 347 g/mol. The number of unbranched alkanes of at least 4 members (excludes halogenated alkanes) is 1. The van der Waals surface area contributed by atoms with Gasteiger partial charge >= 0.3 is 0 Å². The molecule has 0 aliphatic heterocycles. The van der Waals surface area contributed by atoms with E-state index in [9.17, 15) is 4.79 Å². The van der Waals surface area contributed by atoms with E-state index in [1.54, 1.807) is 6.07 Å². The number of amides is 1. The van der Waals surface area contributed by atoms with Crippen LogP contribution in [0.3, 0.4) is 0 Å². The van der Waals surface area contributed by atoms with E-state index in [0.29, 0.717) is 5.02 Å². The molecule has 0 heterocycles. The number of ether oxygens (including phenoxy) is 1. The van der Waals surface area contributed by atoms with E-state index in [1.807, 2.05) is 43.3 Å². The molecule has 0 atom stereocenters. The zero-order chi connectivity index (χ0) is 17.4. The Morgan fingerprint density at radius 1 is 1.17 bits per heavy atom. The number of halogens is 1. The third kappa shape index (κ3) is 5.46. The summed E-state index contributed by atoms with van der Waals surface area (Å²) in [5, 5.41) is 6.59. The molecule has 2 aromatic rings. The Hall–Kier alpha value is -2.20. The molecule has 0 spiro atoms. The Labute approximate surface area is 148 Å². The van der Waals surface area contributed by atoms with Gasteiger partial charge in [-0.05, 0) is 55.3 Å². The van der Waals surface area contributed by atoms with Crippen molar-refractivity contribution in [3.8, 4) is 5.75 Å². The second kappa shape index (κ2) is 9.18. The summed E-state index contributed by atoms with van der Waals surface area (Å²) < 4.78 is 5.61. The zero-order valence-corrected chi connectivity index (χ0v) is 14.8. The number of benzene rings is 2. The second-order valence-electron chi connectivity index (χ2n) is 5.54. The highest BCUT2D eigenvalue weighted by atomic mass is 35.5. The molecule has 128 valence electrons. The standard InChI is InChI=1S/C19H23ClN2O2/c1-3-4-12-24-16-10-8-15(9-11-16)21-13-19(23)22-18-7-5-6-17(20)14(18)2/h5-11,21H,3-4,12-13H2,1-2H3,(H,22,23). The van der Waals surface area contributed by atoms with Gasteiger partial charge in [-0.25, -0.2) is 0 Å². The third-order valence-corrected chi connectivity index (χ3v) is 4.03. The SMILES string of the molecule is CCCCOc1ccc(NCC(=O)Nc2cccc(Cl)c2C)cc1. The van der Waals surface area contributed by atoms with Gasteiger partial charge in [0, 0.05) is 16.4 Å². The van der Waals surface area contributed by atoms with Crippen LogP contribution in [0.1, 0.15) is 25.3 Å². The number of carbonyl (C=O) groups excluding carboxylic acids is 1. The van der Waals surface area contributed by atoms with Crippen molar-refractivity contribution in [1.29, 1.82) is 0 Å². The molecule has 2 aromatic carbocycles. The lowest BCUT2D eigenvalue weighted by molar-refractivity contribution is -0.114. The highest BCUT2D eigenvalue weighted by Gasteiger charge is 2.06. The Balaban J connectivity index is 1.82. The highest BCUT2D eigenvalue weighted by molar-refractivity contribution is 6.31. The molecule has 4 nitrogen and oxygen atoms in total. The number of nitrogens with one attached hydrogen (secondary N) is 2. The topological polar surface area (TPSA) is 50.4 Å². The van der Waals surface area contributed by atoms with Crippen LogP contribution in [0, 0.1) is 6.92 Å². The van der Waals surface area contributed by atoms with Crippen molar-refractivity contribution in [2.75, 3.05) is 23.8 Å². The molecule has 0 radical (unpaired) electrons. The van der Waals surface area contributed by atoms with Crippen LogP contribution in [0.5, 0.6) is 5.75 Å². The number of rotatable bonds is 8. The fourth-order valence-corrected chi connectivity index (χ4v) is 2.30. The number of hydrogen-bond acceptors (Lipinski definition) is 3. The van der Waals surface area contributed by atoms with E-state index in [0.717, 1.165) is 42.1 Å². The fourth-order valence-electron chi connectivity index (χ4n) is 2.12. The second-order valence-corrected chi connectivity index (χ2v) is 5.95. The Morgan fingerprint density at radius 2 is 1.92 bits per heavy atom. The van der Waals surface area contributed by atoms with E-state index in [2.05, 4.69) is 17.6 Å². The zero-order valence-electron chi connectivity index (χ0n) is 14.1. The fraction of sp³-hybridized carbons (Fsp3) is 0.316. The van der Waals surface area contributed by atoms with Crippen molar-refractivity contribution < 1.29 is 9.53 Å². The van der Waals surface area contributed by atoms with Gasteiger partial charge in [-0.15, -0.1) is 0 Å². The van der Waals surface area contributed by atoms with Gasteiger partial charge in [-0.2, -0.15) is 0 Å². The van der Waals surface area contributed by atoms with Crippen LogP contribution in [-0.4, -0.2) is 19.1 Å². The first kappa shape index (κ1) is 18.1. The summed E-state index contributed by atoms with van der Waals surface area (Å²) in [5.41, 5.74) is 2.46. The molecule has 0 fully saturated rings.